The lowest BCUT2D eigenvalue weighted by Gasteiger charge is -2.22. The van der Waals surface area contributed by atoms with Crippen LogP contribution in [0.1, 0.15) is 25.0 Å². The molecule has 0 radical (unpaired) electrons. The second-order valence-electron chi connectivity index (χ2n) is 4.42. The molecule has 1 saturated carbocycles. The van der Waals surface area contributed by atoms with Gasteiger partial charge < -0.3 is 15.4 Å². The first-order chi connectivity index (χ1) is 8.24. The van der Waals surface area contributed by atoms with Gasteiger partial charge in [0, 0.05) is 24.3 Å². The minimum Gasteiger partial charge on any atom is -0.481 e. The summed E-state index contributed by atoms with van der Waals surface area (Å²) >= 11 is 0. The molecule has 0 amide bonds. The molecule has 5 nitrogen and oxygen atoms in total. The summed E-state index contributed by atoms with van der Waals surface area (Å²) in [4.78, 5) is 11.2. The Morgan fingerprint density at radius 2 is 2.24 bits per heavy atom. The highest BCUT2D eigenvalue weighted by Crippen LogP contribution is 2.30. The van der Waals surface area contributed by atoms with Crippen LogP contribution < -0.4 is 15.4 Å². The molecule has 2 rings (SSSR count). The van der Waals surface area contributed by atoms with Gasteiger partial charge in [-0.1, -0.05) is 0 Å². The fourth-order valence-corrected chi connectivity index (χ4v) is 1.85. The van der Waals surface area contributed by atoms with Gasteiger partial charge >= 0.3 is 0 Å². The van der Waals surface area contributed by atoms with Crippen molar-refractivity contribution < 1.29 is 4.74 Å². The van der Waals surface area contributed by atoms with Crippen molar-refractivity contribution in [3.05, 3.63) is 11.8 Å². The molecule has 5 heteroatoms. The van der Waals surface area contributed by atoms with Crippen LogP contribution in [0, 0.1) is 6.92 Å². The third kappa shape index (κ3) is 3.06. The van der Waals surface area contributed by atoms with Crippen LogP contribution >= 0.6 is 0 Å². The molecule has 1 aromatic rings. The molecule has 1 aliphatic rings. The number of nitrogens with two attached hydrogens (primary N) is 1. The van der Waals surface area contributed by atoms with Gasteiger partial charge in [-0.2, -0.15) is 4.98 Å². The first-order valence-electron chi connectivity index (χ1n) is 6.11. The van der Waals surface area contributed by atoms with Crippen molar-refractivity contribution in [2.75, 3.05) is 25.1 Å². The summed E-state index contributed by atoms with van der Waals surface area (Å²) in [6.45, 7) is 3.58. The maximum atomic E-state index is 5.57. The zero-order chi connectivity index (χ0) is 12.3. The summed E-state index contributed by atoms with van der Waals surface area (Å²) < 4.78 is 5.19. The molecule has 2 N–H and O–H groups in total. The predicted octanol–water partition coefficient (Wildman–Crippen LogP) is 1.11. The van der Waals surface area contributed by atoms with Crippen LogP contribution in [-0.4, -0.2) is 36.2 Å². The topological polar surface area (TPSA) is 64.3 Å². The van der Waals surface area contributed by atoms with Crippen LogP contribution in [0.2, 0.25) is 0 Å². The molecule has 0 unspecified atom stereocenters. The molecule has 0 saturated heterocycles. The average Bonchev–Trinajstić information content (AvgIpc) is 3.13. The Kier molecular flexibility index (Phi) is 3.78. The standard InChI is InChI=1S/C12H20N4O/c1-9-8-11(17-2)15-12(14-9)16(7-3-6-13)10-4-5-10/h8,10H,3-7,13H2,1-2H3. The van der Waals surface area contributed by atoms with E-state index in [1.807, 2.05) is 13.0 Å². The summed E-state index contributed by atoms with van der Waals surface area (Å²) in [5.41, 5.74) is 6.50. The fraction of sp³-hybridized carbons (Fsp3) is 0.667. The van der Waals surface area contributed by atoms with E-state index < -0.39 is 0 Å². The van der Waals surface area contributed by atoms with E-state index in [1.54, 1.807) is 7.11 Å². The average molecular weight is 236 g/mol. The van der Waals surface area contributed by atoms with Crippen LogP contribution in [0.4, 0.5) is 5.95 Å². The van der Waals surface area contributed by atoms with Gasteiger partial charge in [0.1, 0.15) is 0 Å². The summed E-state index contributed by atoms with van der Waals surface area (Å²) in [7, 11) is 1.63. The SMILES string of the molecule is COc1cc(C)nc(N(CCCN)C2CC2)n1. The summed E-state index contributed by atoms with van der Waals surface area (Å²) in [6, 6.07) is 2.44. The van der Waals surface area contributed by atoms with Crippen LogP contribution in [-0.2, 0) is 0 Å². The van der Waals surface area contributed by atoms with Crippen molar-refractivity contribution in [3.8, 4) is 5.88 Å². The number of aromatic nitrogens is 2. The second-order valence-corrected chi connectivity index (χ2v) is 4.42. The Hall–Kier alpha value is -1.36. The smallest absolute Gasteiger partial charge is 0.229 e. The molecular weight excluding hydrogens is 216 g/mol. The Morgan fingerprint density at radius 1 is 1.47 bits per heavy atom. The molecule has 0 aromatic carbocycles. The molecule has 1 heterocycles. The van der Waals surface area contributed by atoms with Gasteiger partial charge in [0.2, 0.25) is 11.8 Å². The zero-order valence-electron chi connectivity index (χ0n) is 10.5. The first kappa shape index (κ1) is 12.1. The Labute approximate surface area is 102 Å². The highest BCUT2D eigenvalue weighted by Gasteiger charge is 2.30. The van der Waals surface area contributed by atoms with Crippen LogP contribution in [0.25, 0.3) is 0 Å². The maximum Gasteiger partial charge on any atom is 0.229 e. The molecule has 0 atom stereocenters. The van der Waals surface area contributed by atoms with E-state index in [1.165, 1.54) is 12.8 Å². The molecule has 1 aromatic heterocycles. The normalized spacial score (nSPS) is 14.8. The molecule has 0 aliphatic heterocycles. The number of methoxy groups -OCH3 is 1. The lowest BCUT2D eigenvalue weighted by Crippen LogP contribution is -2.30. The van der Waals surface area contributed by atoms with Crippen molar-refractivity contribution in [2.45, 2.75) is 32.2 Å². The Balaban J connectivity index is 2.18. The minimum atomic E-state index is 0.591. The Bertz CT molecular complexity index is 379. The van der Waals surface area contributed by atoms with Crippen molar-refractivity contribution in [1.82, 2.24) is 9.97 Å². The first-order valence-corrected chi connectivity index (χ1v) is 6.11. The van der Waals surface area contributed by atoms with Gasteiger partial charge in [0.05, 0.1) is 7.11 Å². The summed E-state index contributed by atoms with van der Waals surface area (Å²) in [5.74, 6) is 1.41. The highest BCUT2D eigenvalue weighted by molar-refractivity contribution is 5.37. The lowest BCUT2D eigenvalue weighted by atomic mass is 10.3. The molecule has 17 heavy (non-hydrogen) atoms. The van der Waals surface area contributed by atoms with Gasteiger partial charge in [-0.05, 0) is 32.7 Å². The molecule has 94 valence electrons. The summed E-state index contributed by atoms with van der Waals surface area (Å²) in [6.07, 6.45) is 3.42. The quantitative estimate of drug-likeness (QED) is 0.801. The molecule has 1 fully saturated rings. The van der Waals surface area contributed by atoms with Gasteiger partial charge in [-0.3, -0.25) is 0 Å². The van der Waals surface area contributed by atoms with E-state index in [9.17, 15) is 0 Å². The monoisotopic (exact) mass is 236 g/mol. The maximum absolute atomic E-state index is 5.57. The largest absolute Gasteiger partial charge is 0.481 e. The lowest BCUT2D eigenvalue weighted by molar-refractivity contribution is 0.396. The van der Waals surface area contributed by atoms with Crippen LogP contribution in [0.3, 0.4) is 0 Å². The number of hydrogen-bond donors (Lipinski definition) is 1. The molecule has 0 bridgehead atoms. The van der Waals surface area contributed by atoms with E-state index in [4.69, 9.17) is 10.5 Å². The van der Waals surface area contributed by atoms with E-state index >= 15 is 0 Å². The minimum absolute atomic E-state index is 0.591. The predicted molar refractivity (Wildman–Crippen MR) is 67.4 cm³/mol. The molecule has 1 aliphatic carbocycles. The number of hydrogen-bond acceptors (Lipinski definition) is 5. The van der Waals surface area contributed by atoms with E-state index in [0.717, 1.165) is 24.6 Å². The number of rotatable bonds is 6. The second kappa shape index (κ2) is 5.31. The van der Waals surface area contributed by atoms with Crippen LogP contribution in [0.5, 0.6) is 5.88 Å². The molecule has 0 spiro atoms. The van der Waals surface area contributed by atoms with Gasteiger partial charge in [-0.25, -0.2) is 4.98 Å². The number of anilines is 1. The van der Waals surface area contributed by atoms with Gasteiger partial charge in [0.25, 0.3) is 0 Å². The third-order valence-electron chi connectivity index (χ3n) is 2.88. The zero-order valence-corrected chi connectivity index (χ0v) is 10.5. The Morgan fingerprint density at radius 3 is 2.82 bits per heavy atom. The number of aryl methyl sites for hydroxylation is 1. The van der Waals surface area contributed by atoms with Crippen molar-refractivity contribution >= 4 is 5.95 Å². The summed E-state index contributed by atoms with van der Waals surface area (Å²) in [5, 5.41) is 0. The third-order valence-corrected chi connectivity index (χ3v) is 2.88. The van der Waals surface area contributed by atoms with E-state index in [-0.39, 0.29) is 0 Å². The van der Waals surface area contributed by atoms with Gasteiger partial charge in [0.15, 0.2) is 0 Å². The number of ether oxygens (including phenoxy) is 1. The molecular formula is C12H20N4O. The van der Waals surface area contributed by atoms with Crippen molar-refractivity contribution in [1.29, 1.82) is 0 Å². The van der Waals surface area contributed by atoms with Gasteiger partial charge in [-0.15, -0.1) is 0 Å². The highest BCUT2D eigenvalue weighted by atomic mass is 16.5. The van der Waals surface area contributed by atoms with Crippen molar-refractivity contribution in [2.24, 2.45) is 5.73 Å². The fourth-order valence-electron chi connectivity index (χ4n) is 1.85. The van der Waals surface area contributed by atoms with Crippen LogP contribution in [0.15, 0.2) is 6.07 Å². The van der Waals surface area contributed by atoms with Crippen molar-refractivity contribution in [3.63, 3.8) is 0 Å². The number of nitrogens with zero attached hydrogens (tertiary/aromatic N) is 3. The van der Waals surface area contributed by atoms with E-state index in [0.29, 0.717) is 18.5 Å². The van der Waals surface area contributed by atoms with E-state index in [2.05, 4.69) is 14.9 Å².